The SMILES string of the molecule is CCCCC(O)CCCCOP(O)OCC[N+](C)(C)C. The number of aliphatic hydroxyl groups excluding tert-OH is 1. The van der Waals surface area contributed by atoms with Crippen molar-refractivity contribution in [1.82, 2.24) is 0 Å². The van der Waals surface area contributed by atoms with Gasteiger partial charge in [0.2, 0.25) is 0 Å². The molecule has 0 radical (unpaired) electrons. The third kappa shape index (κ3) is 14.6. The molecule has 0 saturated carbocycles. The molecule has 0 rings (SSSR count). The molecule has 2 atom stereocenters. The highest BCUT2D eigenvalue weighted by atomic mass is 31.2. The van der Waals surface area contributed by atoms with E-state index in [4.69, 9.17) is 9.05 Å². The summed E-state index contributed by atoms with van der Waals surface area (Å²) in [5, 5.41) is 9.67. The first-order chi connectivity index (χ1) is 9.35. The summed E-state index contributed by atoms with van der Waals surface area (Å²) in [5.74, 6) is 0. The van der Waals surface area contributed by atoms with Crippen molar-refractivity contribution in [3.05, 3.63) is 0 Å². The fourth-order valence-corrected chi connectivity index (χ4v) is 2.24. The van der Waals surface area contributed by atoms with Crippen molar-refractivity contribution in [2.75, 3.05) is 40.9 Å². The second-order valence-electron chi connectivity index (χ2n) is 6.21. The molecule has 0 heterocycles. The monoisotopic (exact) mass is 310 g/mol. The summed E-state index contributed by atoms with van der Waals surface area (Å²) in [6.07, 6.45) is 5.49. The maximum Gasteiger partial charge on any atom is 0.330 e. The first-order valence-electron chi connectivity index (χ1n) is 7.58. The van der Waals surface area contributed by atoms with Crippen molar-refractivity contribution in [1.29, 1.82) is 0 Å². The molecule has 0 aromatic rings. The predicted molar refractivity (Wildman–Crippen MR) is 83.3 cm³/mol. The topological polar surface area (TPSA) is 58.9 Å². The maximum atomic E-state index is 9.67. The van der Waals surface area contributed by atoms with Crippen LogP contribution in [0.4, 0.5) is 0 Å². The summed E-state index contributed by atoms with van der Waals surface area (Å²) in [6, 6.07) is 0. The predicted octanol–water partition coefficient (Wildman–Crippen LogP) is 2.67. The lowest BCUT2D eigenvalue weighted by Gasteiger charge is -2.23. The number of rotatable bonds is 13. The fourth-order valence-electron chi connectivity index (χ4n) is 1.64. The highest BCUT2D eigenvalue weighted by molar-refractivity contribution is 7.40. The summed E-state index contributed by atoms with van der Waals surface area (Å²) in [7, 11) is 4.48. The van der Waals surface area contributed by atoms with E-state index in [1.807, 2.05) is 0 Å². The number of hydrogen-bond donors (Lipinski definition) is 2. The van der Waals surface area contributed by atoms with E-state index in [9.17, 15) is 10.00 Å². The van der Waals surface area contributed by atoms with Gasteiger partial charge in [-0.1, -0.05) is 19.8 Å². The second kappa shape index (κ2) is 11.8. The van der Waals surface area contributed by atoms with E-state index >= 15 is 0 Å². The lowest BCUT2D eigenvalue weighted by molar-refractivity contribution is -0.870. The Kier molecular flexibility index (Phi) is 12.0. The average molecular weight is 310 g/mol. The van der Waals surface area contributed by atoms with Crippen LogP contribution in [0.25, 0.3) is 0 Å². The normalized spacial score (nSPS) is 15.3. The molecule has 0 aliphatic heterocycles. The minimum Gasteiger partial charge on any atom is -0.393 e. The van der Waals surface area contributed by atoms with E-state index in [-0.39, 0.29) is 6.10 Å². The molecule has 0 spiro atoms. The van der Waals surface area contributed by atoms with Crippen LogP contribution in [0, 0.1) is 0 Å². The van der Waals surface area contributed by atoms with Crippen LogP contribution in [0.1, 0.15) is 45.4 Å². The highest BCUT2D eigenvalue weighted by Gasteiger charge is 2.11. The summed E-state index contributed by atoms with van der Waals surface area (Å²) >= 11 is 0. The molecule has 0 bridgehead atoms. The molecule has 0 aliphatic carbocycles. The summed E-state index contributed by atoms with van der Waals surface area (Å²) in [6.45, 7) is 3.96. The molecule has 122 valence electrons. The van der Waals surface area contributed by atoms with Crippen LogP contribution in [0.3, 0.4) is 0 Å². The average Bonchev–Trinajstić information content (AvgIpc) is 2.34. The van der Waals surface area contributed by atoms with Gasteiger partial charge in [0, 0.05) is 0 Å². The zero-order chi connectivity index (χ0) is 15.4. The molecule has 2 N–H and O–H groups in total. The number of unbranched alkanes of at least 4 members (excludes halogenated alkanes) is 2. The van der Waals surface area contributed by atoms with Crippen molar-refractivity contribution in [2.45, 2.75) is 51.6 Å². The minimum atomic E-state index is -1.75. The number of aliphatic hydroxyl groups is 1. The van der Waals surface area contributed by atoms with Gasteiger partial charge in [0.1, 0.15) is 13.2 Å². The first kappa shape index (κ1) is 20.2. The van der Waals surface area contributed by atoms with Gasteiger partial charge >= 0.3 is 8.60 Å². The van der Waals surface area contributed by atoms with Crippen LogP contribution >= 0.6 is 8.60 Å². The third-order valence-electron chi connectivity index (χ3n) is 2.99. The minimum absolute atomic E-state index is 0.189. The Morgan fingerprint density at radius 3 is 2.20 bits per heavy atom. The summed E-state index contributed by atoms with van der Waals surface area (Å²) in [4.78, 5) is 9.53. The summed E-state index contributed by atoms with van der Waals surface area (Å²) < 4.78 is 11.3. The lowest BCUT2D eigenvalue weighted by atomic mass is 10.1. The molecule has 0 aromatic carbocycles. The Balaban J connectivity index is 3.37. The van der Waals surface area contributed by atoms with Crippen LogP contribution in [0.15, 0.2) is 0 Å². The fraction of sp³-hybridized carbons (Fsp3) is 1.00. The largest absolute Gasteiger partial charge is 0.393 e. The van der Waals surface area contributed by atoms with Gasteiger partial charge in [0.25, 0.3) is 0 Å². The second-order valence-corrected chi connectivity index (χ2v) is 7.20. The van der Waals surface area contributed by atoms with Crippen molar-refractivity contribution in [3.63, 3.8) is 0 Å². The van der Waals surface area contributed by atoms with E-state index < -0.39 is 8.60 Å². The summed E-state index contributed by atoms with van der Waals surface area (Å²) in [5.41, 5.74) is 0. The van der Waals surface area contributed by atoms with Crippen LogP contribution in [-0.2, 0) is 9.05 Å². The van der Waals surface area contributed by atoms with Gasteiger partial charge in [-0.05, 0) is 25.7 Å². The molecule has 0 fully saturated rings. The first-order valence-corrected chi connectivity index (χ1v) is 8.71. The Morgan fingerprint density at radius 1 is 1.00 bits per heavy atom. The Hall–Kier alpha value is 0.230. The molecule has 0 aliphatic rings. The molecule has 0 amide bonds. The van der Waals surface area contributed by atoms with Gasteiger partial charge in [-0.3, -0.25) is 0 Å². The van der Waals surface area contributed by atoms with Crippen molar-refractivity contribution >= 4 is 8.60 Å². The molecule has 0 aromatic heterocycles. The van der Waals surface area contributed by atoms with E-state index in [0.29, 0.717) is 13.2 Å². The highest BCUT2D eigenvalue weighted by Crippen LogP contribution is 2.32. The third-order valence-corrected chi connectivity index (χ3v) is 3.80. The quantitative estimate of drug-likeness (QED) is 0.312. The standard InChI is InChI=1S/C14H33NO4P/c1-5-6-9-14(16)10-7-8-12-18-20(17)19-13-11-15(2,3)4/h14,16-17H,5-13H2,1-4H3/q+1. The van der Waals surface area contributed by atoms with E-state index in [1.54, 1.807) is 0 Å². The van der Waals surface area contributed by atoms with Gasteiger partial charge in [-0.2, -0.15) is 0 Å². The van der Waals surface area contributed by atoms with Gasteiger partial charge in [0.05, 0.1) is 33.9 Å². The molecular weight excluding hydrogens is 277 g/mol. The van der Waals surface area contributed by atoms with Gasteiger partial charge in [-0.25, -0.2) is 0 Å². The van der Waals surface area contributed by atoms with E-state index in [0.717, 1.165) is 49.6 Å². The molecule has 20 heavy (non-hydrogen) atoms. The van der Waals surface area contributed by atoms with Gasteiger partial charge in [-0.15, -0.1) is 0 Å². The van der Waals surface area contributed by atoms with Crippen LogP contribution in [-0.4, -0.2) is 61.5 Å². The van der Waals surface area contributed by atoms with E-state index in [1.165, 1.54) is 0 Å². The Labute approximate surface area is 125 Å². The zero-order valence-electron chi connectivity index (χ0n) is 13.5. The number of hydrogen-bond acceptors (Lipinski definition) is 4. The van der Waals surface area contributed by atoms with Gasteiger partial charge < -0.3 is 23.5 Å². The molecule has 0 saturated heterocycles. The van der Waals surface area contributed by atoms with Crippen molar-refractivity contribution in [2.24, 2.45) is 0 Å². The Bertz CT molecular complexity index is 224. The maximum absolute atomic E-state index is 9.67. The molecular formula is C14H33NO4P+. The molecule has 6 heteroatoms. The smallest absolute Gasteiger partial charge is 0.330 e. The Morgan fingerprint density at radius 2 is 1.60 bits per heavy atom. The molecule has 2 unspecified atom stereocenters. The number of quaternary nitrogens is 1. The van der Waals surface area contributed by atoms with Crippen LogP contribution < -0.4 is 0 Å². The number of likely N-dealkylation sites (N-methyl/N-ethyl adjacent to an activating group) is 1. The molecule has 5 nitrogen and oxygen atoms in total. The van der Waals surface area contributed by atoms with Gasteiger partial charge in [0.15, 0.2) is 0 Å². The van der Waals surface area contributed by atoms with Crippen LogP contribution in [0.2, 0.25) is 0 Å². The van der Waals surface area contributed by atoms with Crippen LogP contribution in [0.5, 0.6) is 0 Å². The lowest BCUT2D eigenvalue weighted by Crippen LogP contribution is -2.37. The zero-order valence-corrected chi connectivity index (χ0v) is 14.4. The van der Waals surface area contributed by atoms with Crippen molar-refractivity contribution < 1.29 is 23.5 Å². The van der Waals surface area contributed by atoms with E-state index in [2.05, 4.69) is 28.1 Å². The van der Waals surface area contributed by atoms with Crippen molar-refractivity contribution in [3.8, 4) is 0 Å². The number of nitrogens with zero attached hydrogens (tertiary/aromatic N) is 1.